The first-order chi connectivity index (χ1) is 13.6. The molecule has 4 nitrogen and oxygen atoms in total. The molecule has 0 saturated heterocycles. The van der Waals surface area contributed by atoms with Gasteiger partial charge in [0, 0.05) is 30.3 Å². The topological polar surface area (TPSA) is 49.4 Å². The van der Waals surface area contributed by atoms with Crippen LogP contribution in [0.2, 0.25) is 0 Å². The smallest absolute Gasteiger partial charge is 0.225 e. The van der Waals surface area contributed by atoms with E-state index in [1.165, 1.54) is 17.0 Å². The SMILES string of the molecule is O=C(NCCC(=O)N1CCc2sccc2C1c1ccc(F)cc1)C1CCCC1. The Morgan fingerprint density at radius 3 is 2.64 bits per heavy atom. The highest BCUT2D eigenvalue weighted by Gasteiger charge is 2.32. The van der Waals surface area contributed by atoms with E-state index in [0.29, 0.717) is 13.1 Å². The normalized spacial score (nSPS) is 19.5. The molecule has 1 aromatic carbocycles. The average Bonchev–Trinajstić information content (AvgIpc) is 3.39. The van der Waals surface area contributed by atoms with Gasteiger partial charge in [-0.05, 0) is 54.0 Å². The number of hydrogen-bond acceptors (Lipinski definition) is 3. The summed E-state index contributed by atoms with van der Waals surface area (Å²) in [7, 11) is 0. The molecule has 6 heteroatoms. The maximum absolute atomic E-state index is 13.4. The Morgan fingerprint density at radius 2 is 1.89 bits per heavy atom. The van der Waals surface area contributed by atoms with Gasteiger partial charge in [-0.15, -0.1) is 11.3 Å². The number of hydrogen-bond donors (Lipinski definition) is 1. The summed E-state index contributed by atoms with van der Waals surface area (Å²) in [5.74, 6) is -0.0555. The van der Waals surface area contributed by atoms with Gasteiger partial charge in [-0.25, -0.2) is 4.39 Å². The van der Waals surface area contributed by atoms with Crippen molar-refractivity contribution in [1.82, 2.24) is 10.2 Å². The van der Waals surface area contributed by atoms with Crippen LogP contribution in [-0.4, -0.2) is 29.8 Å². The summed E-state index contributed by atoms with van der Waals surface area (Å²) in [5.41, 5.74) is 2.05. The van der Waals surface area contributed by atoms with E-state index in [0.717, 1.165) is 43.2 Å². The minimum absolute atomic E-state index is 0.0258. The molecular weight excluding hydrogens is 375 g/mol. The fourth-order valence-corrected chi connectivity index (χ4v) is 5.26. The zero-order valence-electron chi connectivity index (χ0n) is 15.8. The molecule has 2 aliphatic rings. The summed E-state index contributed by atoms with van der Waals surface area (Å²) in [5, 5.41) is 4.99. The Morgan fingerprint density at radius 1 is 1.14 bits per heavy atom. The molecule has 148 valence electrons. The molecule has 1 unspecified atom stereocenters. The second-order valence-electron chi connectivity index (χ2n) is 7.61. The van der Waals surface area contributed by atoms with Crippen molar-refractivity contribution in [2.45, 2.75) is 44.6 Å². The number of fused-ring (bicyclic) bond motifs is 1. The van der Waals surface area contributed by atoms with Crippen molar-refractivity contribution in [3.05, 3.63) is 57.5 Å². The third-order valence-electron chi connectivity index (χ3n) is 5.84. The van der Waals surface area contributed by atoms with Gasteiger partial charge in [0.05, 0.1) is 6.04 Å². The van der Waals surface area contributed by atoms with E-state index in [1.54, 1.807) is 23.5 Å². The molecule has 2 amide bonds. The second-order valence-corrected chi connectivity index (χ2v) is 8.61. The molecule has 1 aromatic heterocycles. The van der Waals surface area contributed by atoms with E-state index in [9.17, 15) is 14.0 Å². The van der Waals surface area contributed by atoms with Crippen molar-refractivity contribution in [1.29, 1.82) is 0 Å². The summed E-state index contributed by atoms with van der Waals surface area (Å²) in [4.78, 5) is 28.3. The summed E-state index contributed by atoms with van der Waals surface area (Å²) in [6, 6.07) is 8.29. The standard InChI is InChI=1S/C22H25FN2O2S/c23-17-7-5-15(6-8-17)21-18-11-14-28-19(18)10-13-25(21)20(26)9-12-24-22(27)16-3-1-2-4-16/h5-8,11,14,16,21H,1-4,9-10,12-13H2,(H,24,27). The van der Waals surface area contributed by atoms with Crippen LogP contribution < -0.4 is 5.32 Å². The molecule has 0 radical (unpaired) electrons. The number of amides is 2. The average molecular weight is 401 g/mol. The first-order valence-corrected chi connectivity index (χ1v) is 10.9. The van der Waals surface area contributed by atoms with Crippen molar-refractivity contribution in [3.8, 4) is 0 Å². The number of carbonyl (C=O) groups excluding carboxylic acids is 2. The van der Waals surface area contributed by atoms with E-state index in [2.05, 4.69) is 16.8 Å². The Bertz CT molecular complexity index is 842. The molecular formula is C22H25FN2O2S. The lowest BCUT2D eigenvalue weighted by Crippen LogP contribution is -2.41. The fraction of sp³-hybridized carbons (Fsp3) is 0.455. The van der Waals surface area contributed by atoms with Crippen molar-refractivity contribution in [2.75, 3.05) is 13.1 Å². The minimum Gasteiger partial charge on any atom is -0.355 e. The van der Waals surface area contributed by atoms with Crippen LogP contribution in [0.3, 0.4) is 0 Å². The predicted octanol–water partition coefficient (Wildman–Crippen LogP) is 4.06. The highest BCUT2D eigenvalue weighted by Crippen LogP contribution is 2.38. The Balaban J connectivity index is 1.45. The van der Waals surface area contributed by atoms with E-state index in [4.69, 9.17) is 0 Å². The molecule has 1 aliphatic heterocycles. The fourth-order valence-electron chi connectivity index (χ4n) is 4.36. The molecule has 0 spiro atoms. The van der Waals surface area contributed by atoms with Gasteiger partial charge in [0.25, 0.3) is 0 Å². The third kappa shape index (κ3) is 3.97. The number of rotatable bonds is 5. The number of thiophene rings is 1. The van der Waals surface area contributed by atoms with Gasteiger partial charge in [0.15, 0.2) is 0 Å². The highest BCUT2D eigenvalue weighted by atomic mass is 32.1. The number of nitrogens with zero attached hydrogens (tertiary/aromatic N) is 1. The molecule has 1 fully saturated rings. The van der Waals surface area contributed by atoms with Gasteiger partial charge >= 0.3 is 0 Å². The molecule has 2 aromatic rings. The maximum atomic E-state index is 13.4. The maximum Gasteiger partial charge on any atom is 0.225 e. The number of halogens is 1. The van der Waals surface area contributed by atoms with E-state index in [-0.39, 0.29) is 36.0 Å². The van der Waals surface area contributed by atoms with Gasteiger partial charge in [-0.3, -0.25) is 9.59 Å². The quantitative estimate of drug-likeness (QED) is 0.823. The molecule has 2 heterocycles. The Labute approximate surface area is 168 Å². The van der Waals surface area contributed by atoms with Gasteiger partial charge in [-0.1, -0.05) is 25.0 Å². The molecule has 1 N–H and O–H groups in total. The van der Waals surface area contributed by atoms with Gasteiger partial charge in [-0.2, -0.15) is 0 Å². The van der Waals surface area contributed by atoms with Crippen LogP contribution in [-0.2, 0) is 16.0 Å². The number of carbonyl (C=O) groups is 2. The van der Waals surface area contributed by atoms with Crippen LogP contribution in [0.15, 0.2) is 35.7 Å². The van der Waals surface area contributed by atoms with Crippen molar-refractivity contribution in [2.24, 2.45) is 5.92 Å². The van der Waals surface area contributed by atoms with E-state index < -0.39 is 0 Å². The van der Waals surface area contributed by atoms with Crippen LogP contribution in [0, 0.1) is 11.7 Å². The monoisotopic (exact) mass is 400 g/mol. The molecule has 28 heavy (non-hydrogen) atoms. The summed E-state index contributed by atoms with van der Waals surface area (Å²) < 4.78 is 13.4. The first-order valence-electron chi connectivity index (χ1n) is 10.0. The summed E-state index contributed by atoms with van der Waals surface area (Å²) in [6.45, 7) is 1.02. The zero-order chi connectivity index (χ0) is 19.5. The zero-order valence-corrected chi connectivity index (χ0v) is 16.6. The predicted molar refractivity (Wildman–Crippen MR) is 108 cm³/mol. The first kappa shape index (κ1) is 19.1. The number of nitrogens with one attached hydrogen (secondary N) is 1. The van der Waals surface area contributed by atoms with Crippen molar-refractivity contribution < 1.29 is 14.0 Å². The number of benzene rings is 1. The highest BCUT2D eigenvalue weighted by molar-refractivity contribution is 7.10. The largest absolute Gasteiger partial charge is 0.355 e. The second kappa shape index (κ2) is 8.43. The molecule has 1 aliphatic carbocycles. The lowest BCUT2D eigenvalue weighted by molar-refractivity contribution is -0.133. The van der Waals surface area contributed by atoms with Crippen molar-refractivity contribution >= 4 is 23.2 Å². The molecule has 1 saturated carbocycles. The van der Waals surface area contributed by atoms with Crippen LogP contribution in [0.5, 0.6) is 0 Å². The molecule has 0 bridgehead atoms. The third-order valence-corrected chi connectivity index (χ3v) is 6.83. The van der Waals surface area contributed by atoms with Gasteiger partial charge in [0.1, 0.15) is 5.82 Å². The lowest BCUT2D eigenvalue weighted by atomic mass is 9.93. The van der Waals surface area contributed by atoms with Crippen LogP contribution >= 0.6 is 11.3 Å². The summed E-state index contributed by atoms with van der Waals surface area (Å²) in [6.07, 6.45) is 5.28. The van der Waals surface area contributed by atoms with Crippen LogP contribution in [0.4, 0.5) is 4.39 Å². The Hall–Kier alpha value is -2.21. The molecule has 1 atom stereocenters. The Kier molecular flexibility index (Phi) is 5.76. The van der Waals surface area contributed by atoms with Gasteiger partial charge in [0.2, 0.25) is 11.8 Å². The van der Waals surface area contributed by atoms with Crippen LogP contribution in [0.1, 0.15) is 54.1 Å². The van der Waals surface area contributed by atoms with Crippen molar-refractivity contribution in [3.63, 3.8) is 0 Å². The molecule has 4 rings (SSSR count). The van der Waals surface area contributed by atoms with Gasteiger partial charge < -0.3 is 10.2 Å². The van der Waals surface area contributed by atoms with E-state index in [1.807, 2.05) is 4.90 Å². The van der Waals surface area contributed by atoms with Crippen LogP contribution in [0.25, 0.3) is 0 Å². The minimum atomic E-state index is -0.280. The summed E-state index contributed by atoms with van der Waals surface area (Å²) >= 11 is 1.71. The lowest BCUT2D eigenvalue weighted by Gasteiger charge is -2.36. The van der Waals surface area contributed by atoms with E-state index >= 15 is 0 Å².